The Labute approximate surface area is 265 Å². The second-order valence-electron chi connectivity index (χ2n) is 10.5. The molecule has 0 aliphatic rings. The Morgan fingerprint density at radius 2 is 1.57 bits per heavy atom. The molecule has 0 saturated heterocycles. The number of ether oxygens (including phenoxy) is 4. The number of nitrogens with zero attached hydrogens (tertiary/aromatic N) is 1. The van der Waals surface area contributed by atoms with Gasteiger partial charge in [-0.3, -0.25) is 4.79 Å². The van der Waals surface area contributed by atoms with Crippen LogP contribution in [0.2, 0.25) is 0 Å². The van der Waals surface area contributed by atoms with Gasteiger partial charge in [0.25, 0.3) is 5.91 Å². The zero-order valence-corrected chi connectivity index (χ0v) is 25.8. The SMILES string of the molecule is COc1ccc(/C=C(/C(=O)NCc2cc3c([nH]c4ccccc43)c(-c3cccc(F)c3)n2)c2cc(OC)c(OC)c(OC)c2)cc1. The van der Waals surface area contributed by atoms with E-state index in [0.29, 0.717) is 51.1 Å². The van der Waals surface area contributed by atoms with Gasteiger partial charge in [0.05, 0.1) is 51.9 Å². The zero-order valence-electron chi connectivity index (χ0n) is 25.8. The predicted octanol–water partition coefficient (Wildman–Crippen LogP) is 7.41. The second kappa shape index (κ2) is 13.0. The van der Waals surface area contributed by atoms with Crippen molar-refractivity contribution >= 4 is 39.4 Å². The summed E-state index contributed by atoms with van der Waals surface area (Å²) in [4.78, 5) is 22.4. The van der Waals surface area contributed by atoms with Crippen molar-refractivity contribution in [3.8, 4) is 34.3 Å². The number of hydrogen-bond acceptors (Lipinski definition) is 6. The van der Waals surface area contributed by atoms with Gasteiger partial charge in [0, 0.05) is 27.4 Å². The van der Waals surface area contributed by atoms with Crippen LogP contribution < -0.4 is 24.3 Å². The van der Waals surface area contributed by atoms with Gasteiger partial charge in [-0.2, -0.15) is 0 Å². The first-order chi connectivity index (χ1) is 22.4. The largest absolute Gasteiger partial charge is 0.497 e. The molecular weight excluding hydrogens is 585 g/mol. The number of aromatic amines is 1. The van der Waals surface area contributed by atoms with Crippen molar-refractivity contribution in [3.63, 3.8) is 0 Å². The van der Waals surface area contributed by atoms with Gasteiger partial charge in [-0.1, -0.05) is 42.5 Å². The molecule has 0 saturated carbocycles. The topological polar surface area (TPSA) is 94.7 Å². The molecule has 9 heteroatoms. The summed E-state index contributed by atoms with van der Waals surface area (Å²) in [6.07, 6.45) is 1.78. The molecule has 2 aromatic heterocycles. The molecule has 2 heterocycles. The van der Waals surface area contributed by atoms with E-state index in [1.165, 1.54) is 33.5 Å². The number of amides is 1. The number of aromatic nitrogens is 2. The molecule has 0 radical (unpaired) electrons. The fourth-order valence-corrected chi connectivity index (χ4v) is 5.48. The van der Waals surface area contributed by atoms with Gasteiger partial charge >= 0.3 is 0 Å². The summed E-state index contributed by atoms with van der Waals surface area (Å²) in [7, 11) is 6.17. The standard InChI is InChI=1S/C37H32FN3O5/c1-43-27-14-12-22(13-15-27)16-29(24-18-32(44-2)36(46-4)33(19-24)45-3)37(42)39-21-26-20-30-28-10-5-6-11-31(28)41-35(30)34(40-26)23-8-7-9-25(38)17-23/h5-20,41H,21H2,1-4H3,(H,39,42)/b29-16+. The van der Waals surface area contributed by atoms with Crippen LogP contribution in [0.15, 0.2) is 91.0 Å². The predicted molar refractivity (Wildman–Crippen MR) is 178 cm³/mol. The minimum atomic E-state index is -0.360. The quantitative estimate of drug-likeness (QED) is 0.123. The second-order valence-corrected chi connectivity index (χ2v) is 10.5. The van der Waals surface area contributed by atoms with Crippen molar-refractivity contribution in [1.82, 2.24) is 15.3 Å². The molecule has 0 bridgehead atoms. The highest BCUT2D eigenvalue weighted by molar-refractivity contribution is 6.24. The molecule has 232 valence electrons. The van der Waals surface area contributed by atoms with E-state index in [-0.39, 0.29) is 18.3 Å². The summed E-state index contributed by atoms with van der Waals surface area (Å²) >= 11 is 0. The van der Waals surface area contributed by atoms with Crippen molar-refractivity contribution in [1.29, 1.82) is 0 Å². The van der Waals surface area contributed by atoms with E-state index in [0.717, 1.165) is 27.4 Å². The molecule has 6 rings (SSSR count). The average molecular weight is 618 g/mol. The summed E-state index contributed by atoms with van der Waals surface area (Å²) in [5.41, 5.74) is 5.26. The van der Waals surface area contributed by atoms with Crippen LogP contribution in [0.4, 0.5) is 4.39 Å². The van der Waals surface area contributed by atoms with Gasteiger partial charge < -0.3 is 29.2 Å². The normalized spacial score (nSPS) is 11.5. The number of hydrogen-bond donors (Lipinski definition) is 2. The minimum absolute atomic E-state index is 0.112. The molecule has 46 heavy (non-hydrogen) atoms. The van der Waals surface area contributed by atoms with E-state index >= 15 is 0 Å². The maximum Gasteiger partial charge on any atom is 0.252 e. The monoisotopic (exact) mass is 617 g/mol. The average Bonchev–Trinajstić information content (AvgIpc) is 3.47. The molecule has 4 aromatic carbocycles. The van der Waals surface area contributed by atoms with Gasteiger partial charge in [0.1, 0.15) is 11.6 Å². The number of pyridine rings is 1. The van der Waals surface area contributed by atoms with Gasteiger partial charge in [-0.05, 0) is 65.7 Å². The summed E-state index contributed by atoms with van der Waals surface area (Å²) in [5, 5.41) is 4.97. The Kier molecular flexibility index (Phi) is 8.56. The van der Waals surface area contributed by atoms with Crippen molar-refractivity contribution in [2.75, 3.05) is 28.4 Å². The number of methoxy groups -OCH3 is 4. The summed E-state index contributed by atoms with van der Waals surface area (Å²) in [6, 6.07) is 27.0. The molecule has 0 aliphatic carbocycles. The zero-order chi connectivity index (χ0) is 32.2. The maximum absolute atomic E-state index is 14.3. The minimum Gasteiger partial charge on any atom is -0.497 e. The molecule has 0 unspecified atom stereocenters. The summed E-state index contributed by atoms with van der Waals surface area (Å²) < 4.78 is 36.2. The Balaban J connectivity index is 1.41. The number of fused-ring (bicyclic) bond motifs is 3. The Bertz CT molecular complexity index is 2060. The lowest BCUT2D eigenvalue weighted by Gasteiger charge is -2.16. The van der Waals surface area contributed by atoms with E-state index in [2.05, 4.69) is 10.3 Å². The highest BCUT2D eigenvalue weighted by atomic mass is 19.1. The van der Waals surface area contributed by atoms with Crippen LogP contribution in [0.1, 0.15) is 16.8 Å². The number of carbonyl (C=O) groups is 1. The molecule has 0 fully saturated rings. The van der Waals surface area contributed by atoms with Crippen molar-refractivity contribution in [3.05, 3.63) is 114 Å². The molecule has 8 nitrogen and oxygen atoms in total. The van der Waals surface area contributed by atoms with Crippen LogP contribution in [0.3, 0.4) is 0 Å². The van der Waals surface area contributed by atoms with Crippen LogP contribution in [0, 0.1) is 5.82 Å². The van der Waals surface area contributed by atoms with Crippen LogP contribution in [-0.4, -0.2) is 44.3 Å². The molecule has 0 atom stereocenters. The maximum atomic E-state index is 14.3. The van der Waals surface area contributed by atoms with E-state index in [1.54, 1.807) is 31.4 Å². The third kappa shape index (κ3) is 5.95. The third-order valence-electron chi connectivity index (χ3n) is 7.72. The van der Waals surface area contributed by atoms with Gasteiger partial charge in [0.15, 0.2) is 11.5 Å². The first-order valence-electron chi connectivity index (χ1n) is 14.5. The van der Waals surface area contributed by atoms with Gasteiger partial charge in [0.2, 0.25) is 5.75 Å². The van der Waals surface area contributed by atoms with Crippen LogP contribution in [0.5, 0.6) is 23.0 Å². The summed E-state index contributed by atoms with van der Waals surface area (Å²) in [5.74, 6) is 1.23. The number of H-pyrrole nitrogens is 1. The number of rotatable bonds is 10. The van der Waals surface area contributed by atoms with Crippen LogP contribution in [-0.2, 0) is 11.3 Å². The van der Waals surface area contributed by atoms with Crippen molar-refractivity contribution in [2.45, 2.75) is 6.54 Å². The fraction of sp³-hybridized carbons (Fsp3) is 0.135. The van der Waals surface area contributed by atoms with Gasteiger partial charge in [-0.15, -0.1) is 0 Å². The Morgan fingerprint density at radius 1 is 0.826 bits per heavy atom. The molecule has 2 N–H and O–H groups in total. The lowest BCUT2D eigenvalue weighted by molar-refractivity contribution is -0.115. The number of para-hydroxylation sites is 1. The smallest absolute Gasteiger partial charge is 0.252 e. The molecule has 0 spiro atoms. The summed E-state index contributed by atoms with van der Waals surface area (Å²) in [6.45, 7) is 0.112. The Hall–Kier alpha value is -5.83. The third-order valence-corrected chi connectivity index (χ3v) is 7.72. The number of carbonyl (C=O) groups excluding carboxylic acids is 1. The number of nitrogens with one attached hydrogen (secondary N) is 2. The van der Waals surface area contributed by atoms with Gasteiger partial charge in [-0.25, -0.2) is 9.37 Å². The molecule has 6 aromatic rings. The number of benzene rings is 4. The lowest BCUT2D eigenvalue weighted by Crippen LogP contribution is -2.24. The van der Waals surface area contributed by atoms with Crippen molar-refractivity contribution < 1.29 is 28.1 Å². The lowest BCUT2D eigenvalue weighted by atomic mass is 10.0. The molecular formula is C37H32FN3O5. The molecule has 1 amide bonds. The Morgan fingerprint density at radius 3 is 2.24 bits per heavy atom. The number of halogens is 1. The van der Waals surface area contributed by atoms with Crippen molar-refractivity contribution in [2.24, 2.45) is 0 Å². The molecule has 0 aliphatic heterocycles. The highest BCUT2D eigenvalue weighted by Gasteiger charge is 2.20. The highest BCUT2D eigenvalue weighted by Crippen LogP contribution is 2.40. The first kappa shape index (κ1) is 30.2. The van der Waals surface area contributed by atoms with E-state index in [9.17, 15) is 9.18 Å². The van der Waals surface area contributed by atoms with Crippen LogP contribution >= 0.6 is 0 Å². The van der Waals surface area contributed by atoms with E-state index < -0.39 is 0 Å². The van der Waals surface area contributed by atoms with Crippen LogP contribution in [0.25, 0.3) is 44.7 Å². The van der Waals surface area contributed by atoms with E-state index in [1.807, 2.05) is 60.7 Å². The fourth-order valence-electron chi connectivity index (χ4n) is 5.48. The van der Waals surface area contributed by atoms with E-state index in [4.69, 9.17) is 23.9 Å². The first-order valence-corrected chi connectivity index (χ1v) is 14.5.